The number of rotatable bonds is 4. The largest absolute Gasteiger partial charge is 0.349 e. The van der Waals surface area contributed by atoms with Gasteiger partial charge in [-0.2, -0.15) is 11.8 Å². The van der Waals surface area contributed by atoms with Crippen LogP contribution < -0.4 is 10.6 Å². The van der Waals surface area contributed by atoms with Gasteiger partial charge < -0.3 is 20.4 Å². The molecule has 3 fully saturated rings. The molecule has 8 nitrogen and oxygen atoms in total. The summed E-state index contributed by atoms with van der Waals surface area (Å²) in [4.78, 5) is 54.1. The molecular formula is C20H22ClFN4O4S. The molecule has 2 N–H and O–H groups in total. The van der Waals surface area contributed by atoms with Crippen molar-refractivity contribution < 1.29 is 23.6 Å². The van der Waals surface area contributed by atoms with Crippen LogP contribution in [0.5, 0.6) is 0 Å². The predicted octanol–water partition coefficient (Wildman–Crippen LogP) is 0.641. The number of amides is 4. The SMILES string of the molecule is CSCC(=O)N1CC[C@H]2NC(=O)[C@H]3C[C@H](NC(=O)c4ccc(F)c(Cl)c4)CN3C(=O)[C@H]21. The number of halogens is 2. The Bertz CT molecular complexity index is 948. The molecule has 0 bridgehead atoms. The third-order valence-electron chi connectivity index (χ3n) is 5.97. The second kappa shape index (κ2) is 8.66. The Balaban J connectivity index is 1.49. The number of nitrogens with one attached hydrogen (secondary N) is 2. The van der Waals surface area contributed by atoms with Crippen LogP contribution in [0.2, 0.25) is 5.02 Å². The molecule has 0 aliphatic carbocycles. The van der Waals surface area contributed by atoms with Gasteiger partial charge in [0, 0.05) is 24.7 Å². The van der Waals surface area contributed by atoms with Gasteiger partial charge in [0.15, 0.2) is 0 Å². The smallest absolute Gasteiger partial charge is 0.251 e. The van der Waals surface area contributed by atoms with Gasteiger partial charge in [0.1, 0.15) is 17.9 Å². The number of hydrogen-bond donors (Lipinski definition) is 2. The maximum Gasteiger partial charge on any atom is 0.251 e. The molecule has 3 aliphatic heterocycles. The summed E-state index contributed by atoms with van der Waals surface area (Å²) in [6.45, 7) is 0.579. The molecule has 166 valence electrons. The fourth-order valence-electron chi connectivity index (χ4n) is 4.52. The van der Waals surface area contributed by atoms with E-state index in [1.165, 1.54) is 28.8 Å². The van der Waals surface area contributed by atoms with Gasteiger partial charge in [-0.15, -0.1) is 0 Å². The highest BCUT2D eigenvalue weighted by Crippen LogP contribution is 2.29. The number of carbonyl (C=O) groups excluding carboxylic acids is 4. The lowest BCUT2D eigenvalue weighted by molar-refractivity contribution is -0.143. The standard InChI is InChI=1S/C20H22ClFN4O4S/c1-31-9-16(27)25-5-4-14-17(25)20(30)26-8-11(7-15(26)19(29)24-14)23-18(28)10-2-3-13(22)12(21)6-10/h2-3,6,11,14-15,17H,4-5,7-9H2,1H3,(H,23,28)(H,24,29)/t11-,14+,15+,17-/m0/s1. The highest BCUT2D eigenvalue weighted by molar-refractivity contribution is 7.99. The molecule has 4 amide bonds. The Morgan fingerprint density at radius 3 is 2.84 bits per heavy atom. The molecule has 1 aromatic rings. The molecule has 0 unspecified atom stereocenters. The minimum Gasteiger partial charge on any atom is -0.349 e. The summed E-state index contributed by atoms with van der Waals surface area (Å²) in [7, 11) is 0. The number of hydrogen-bond acceptors (Lipinski definition) is 5. The summed E-state index contributed by atoms with van der Waals surface area (Å²) in [5.74, 6) is -1.50. The fourth-order valence-corrected chi connectivity index (χ4v) is 5.12. The quantitative estimate of drug-likeness (QED) is 0.675. The molecule has 1 aromatic carbocycles. The van der Waals surface area contributed by atoms with E-state index in [0.717, 1.165) is 6.07 Å². The van der Waals surface area contributed by atoms with Crippen molar-refractivity contribution in [2.75, 3.05) is 25.1 Å². The Morgan fingerprint density at radius 1 is 1.35 bits per heavy atom. The van der Waals surface area contributed by atoms with Crippen molar-refractivity contribution in [2.24, 2.45) is 0 Å². The summed E-state index contributed by atoms with van der Waals surface area (Å²) in [5, 5.41) is 5.55. The van der Waals surface area contributed by atoms with Crippen molar-refractivity contribution in [1.29, 1.82) is 0 Å². The first-order valence-electron chi connectivity index (χ1n) is 9.95. The van der Waals surface area contributed by atoms with E-state index in [-0.39, 0.29) is 47.0 Å². The normalized spacial score (nSPS) is 27.5. The van der Waals surface area contributed by atoms with Crippen LogP contribution in [0, 0.1) is 5.82 Å². The zero-order valence-corrected chi connectivity index (χ0v) is 18.3. The van der Waals surface area contributed by atoms with Gasteiger partial charge in [0.2, 0.25) is 17.7 Å². The van der Waals surface area contributed by atoms with Gasteiger partial charge >= 0.3 is 0 Å². The lowest BCUT2D eigenvalue weighted by atomic mass is 10.1. The summed E-state index contributed by atoms with van der Waals surface area (Å²) in [6.07, 6.45) is 2.62. The van der Waals surface area contributed by atoms with Gasteiger partial charge in [-0.1, -0.05) is 11.6 Å². The van der Waals surface area contributed by atoms with Gasteiger partial charge in [-0.25, -0.2) is 4.39 Å². The molecule has 0 spiro atoms. The molecular weight excluding hydrogens is 447 g/mol. The van der Waals surface area contributed by atoms with Gasteiger partial charge in [-0.05, 0) is 37.3 Å². The second-order valence-electron chi connectivity index (χ2n) is 7.91. The van der Waals surface area contributed by atoms with Crippen LogP contribution in [0.15, 0.2) is 18.2 Å². The Morgan fingerprint density at radius 2 is 2.13 bits per heavy atom. The van der Waals surface area contributed by atoms with E-state index in [4.69, 9.17) is 11.6 Å². The predicted molar refractivity (Wildman–Crippen MR) is 113 cm³/mol. The molecule has 4 atom stereocenters. The first-order chi connectivity index (χ1) is 14.8. The maximum absolute atomic E-state index is 13.4. The van der Waals surface area contributed by atoms with E-state index in [1.54, 1.807) is 4.90 Å². The van der Waals surface area contributed by atoms with E-state index in [2.05, 4.69) is 10.6 Å². The molecule has 3 saturated heterocycles. The van der Waals surface area contributed by atoms with Crippen LogP contribution in [0.25, 0.3) is 0 Å². The molecule has 31 heavy (non-hydrogen) atoms. The molecule has 4 rings (SSSR count). The van der Waals surface area contributed by atoms with Gasteiger partial charge in [-0.3, -0.25) is 19.2 Å². The molecule has 3 heterocycles. The Kier molecular flexibility index (Phi) is 6.11. The highest BCUT2D eigenvalue weighted by Gasteiger charge is 2.52. The van der Waals surface area contributed by atoms with E-state index >= 15 is 0 Å². The van der Waals surface area contributed by atoms with Crippen molar-refractivity contribution in [3.8, 4) is 0 Å². The molecule has 0 aromatic heterocycles. The van der Waals surface area contributed by atoms with Crippen LogP contribution in [-0.4, -0.2) is 82.7 Å². The summed E-state index contributed by atoms with van der Waals surface area (Å²) in [5.41, 5.74) is 0.189. The lowest BCUT2D eigenvalue weighted by Crippen LogP contribution is -2.53. The number of likely N-dealkylation sites (tertiary alicyclic amines) is 1. The zero-order valence-electron chi connectivity index (χ0n) is 16.8. The fraction of sp³-hybridized carbons (Fsp3) is 0.500. The van der Waals surface area contributed by atoms with E-state index in [0.29, 0.717) is 13.0 Å². The van der Waals surface area contributed by atoms with E-state index < -0.39 is 35.9 Å². The molecule has 0 radical (unpaired) electrons. The van der Waals surface area contributed by atoms with Crippen LogP contribution in [0.4, 0.5) is 4.39 Å². The first-order valence-corrected chi connectivity index (χ1v) is 11.7. The van der Waals surface area contributed by atoms with E-state index in [9.17, 15) is 23.6 Å². The lowest BCUT2D eigenvalue weighted by Gasteiger charge is -2.29. The summed E-state index contributed by atoms with van der Waals surface area (Å²) < 4.78 is 13.4. The van der Waals surface area contributed by atoms with Crippen molar-refractivity contribution >= 4 is 47.0 Å². The molecule has 3 aliphatic rings. The van der Waals surface area contributed by atoms with Crippen LogP contribution in [0.3, 0.4) is 0 Å². The van der Waals surface area contributed by atoms with Crippen LogP contribution in [-0.2, 0) is 14.4 Å². The van der Waals surface area contributed by atoms with Gasteiger partial charge in [0.05, 0.1) is 16.8 Å². The summed E-state index contributed by atoms with van der Waals surface area (Å²) in [6, 6.07) is 1.37. The minimum absolute atomic E-state index is 0.127. The number of nitrogens with zero attached hydrogens (tertiary/aromatic N) is 2. The first kappa shape index (κ1) is 21.9. The summed E-state index contributed by atoms with van der Waals surface area (Å²) >= 11 is 7.13. The topological polar surface area (TPSA) is 98.8 Å². The molecule has 11 heteroatoms. The highest BCUT2D eigenvalue weighted by atomic mass is 35.5. The van der Waals surface area contributed by atoms with Crippen LogP contribution >= 0.6 is 23.4 Å². The number of fused-ring (bicyclic) bond motifs is 2. The molecule has 0 saturated carbocycles. The van der Waals surface area contributed by atoms with Crippen molar-refractivity contribution in [3.05, 3.63) is 34.6 Å². The minimum atomic E-state index is -0.723. The monoisotopic (exact) mass is 468 g/mol. The number of carbonyl (C=O) groups is 4. The third-order valence-corrected chi connectivity index (χ3v) is 6.80. The van der Waals surface area contributed by atoms with Crippen molar-refractivity contribution in [1.82, 2.24) is 20.4 Å². The average Bonchev–Trinajstić information content (AvgIpc) is 3.32. The second-order valence-corrected chi connectivity index (χ2v) is 9.18. The van der Waals surface area contributed by atoms with E-state index in [1.807, 2.05) is 6.26 Å². The maximum atomic E-state index is 13.4. The third kappa shape index (κ3) is 4.10. The van der Waals surface area contributed by atoms with Crippen LogP contribution in [0.1, 0.15) is 23.2 Å². The Labute approximate surface area is 187 Å². The number of thioether (sulfide) groups is 1. The Hall–Kier alpha value is -2.33. The van der Waals surface area contributed by atoms with Gasteiger partial charge in [0.25, 0.3) is 5.91 Å². The average molecular weight is 469 g/mol. The van der Waals surface area contributed by atoms with Crippen molar-refractivity contribution in [3.63, 3.8) is 0 Å². The number of benzene rings is 1. The van der Waals surface area contributed by atoms with Crippen molar-refractivity contribution in [2.45, 2.75) is 37.0 Å². The zero-order chi connectivity index (χ0) is 22.3.